The molecule has 9 heteroatoms. The van der Waals surface area contributed by atoms with Crippen molar-refractivity contribution in [1.29, 1.82) is 0 Å². The molecule has 35 heavy (non-hydrogen) atoms. The second-order valence-electron chi connectivity index (χ2n) is 10.2. The molecule has 1 unspecified atom stereocenters. The van der Waals surface area contributed by atoms with Crippen LogP contribution in [0.5, 0.6) is 0 Å². The Morgan fingerprint density at radius 3 is 2.60 bits per heavy atom. The molecule has 1 heterocycles. The van der Waals surface area contributed by atoms with E-state index in [2.05, 4.69) is 22.2 Å². The van der Waals surface area contributed by atoms with Crippen LogP contribution in [0, 0.1) is 10.8 Å². The molecule has 1 aliphatic rings. The number of nitrogens with zero attached hydrogens (tertiary/aromatic N) is 2. The molecule has 188 valence electrons. The number of carbonyl (C=O) groups is 3. The van der Waals surface area contributed by atoms with Gasteiger partial charge in [-0.05, 0) is 42.7 Å². The van der Waals surface area contributed by atoms with E-state index in [4.69, 9.17) is 0 Å². The summed E-state index contributed by atoms with van der Waals surface area (Å²) in [4.78, 5) is 43.1. The number of hydrogen-bond donors (Lipinski definition) is 3. The van der Waals surface area contributed by atoms with Crippen LogP contribution in [-0.2, 0) is 20.8 Å². The van der Waals surface area contributed by atoms with Crippen LogP contribution in [-0.4, -0.2) is 45.6 Å². The van der Waals surface area contributed by atoms with Gasteiger partial charge < -0.3 is 10.6 Å². The van der Waals surface area contributed by atoms with E-state index in [1.54, 1.807) is 18.5 Å². The SMILES string of the molecule is C=C[C@H](N(O)C=O)[C@](C)(C(=O)N[C@H](C(=O)Nc1nccs1)C(C)(C)C)C1CCCc2ccccc21. The minimum Gasteiger partial charge on any atom is -0.343 e. The van der Waals surface area contributed by atoms with Gasteiger partial charge in [0.25, 0.3) is 0 Å². The Labute approximate surface area is 210 Å². The molecule has 2 aromatic rings. The van der Waals surface area contributed by atoms with Gasteiger partial charge in [0.2, 0.25) is 18.2 Å². The first-order valence-corrected chi connectivity index (χ1v) is 12.6. The highest BCUT2D eigenvalue weighted by atomic mass is 32.1. The van der Waals surface area contributed by atoms with Gasteiger partial charge in [0, 0.05) is 17.5 Å². The number of rotatable bonds is 9. The number of aryl methyl sites for hydroxylation is 1. The summed E-state index contributed by atoms with van der Waals surface area (Å²) in [5, 5.41) is 18.9. The zero-order chi connectivity index (χ0) is 25.8. The average Bonchev–Trinajstić information content (AvgIpc) is 3.34. The van der Waals surface area contributed by atoms with E-state index in [9.17, 15) is 19.6 Å². The molecule has 0 bridgehead atoms. The fourth-order valence-electron chi connectivity index (χ4n) is 4.99. The molecule has 0 radical (unpaired) electrons. The maximum absolute atomic E-state index is 14.2. The number of hydroxylamine groups is 2. The monoisotopic (exact) mass is 498 g/mol. The van der Waals surface area contributed by atoms with Gasteiger partial charge in [-0.3, -0.25) is 19.6 Å². The van der Waals surface area contributed by atoms with E-state index < -0.39 is 34.7 Å². The zero-order valence-electron chi connectivity index (χ0n) is 20.7. The van der Waals surface area contributed by atoms with Gasteiger partial charge in [-0.1, -0.05) is 51.1 Å². The molecule has 0 spiro atoms. The number of anilines is 1. The molecule has 4 atom stereocenters. The van der Waals surface area contributed by atoms with Crippen molar-refractivity contribution in [3.05, 3.63) is 59.6 Å². The van der Waals surface area contributed by atoms with Crippen molar-refractivity contribution in [2.24, 2.45) is 10.8 Å². The van der Waals surface area contributed by atoms with Gasteiger partial charge in [-0.2, -0.15) is 0 Å². The van der Waals surface area contributed by atoms with Crippen LogP contribution in [0.4, 0.5) is 5.13 Å². The van der Waals surface area contributed by atoms with Crippen molar-refractivity contribution in [2.75, 3.05) is 5.32 Å². The number of nitrogens with one attached hydrogen (secondary N) is 2. The van der Waals surface area contributed by atoms with Crippen LogP contribution in [0.1, 0.15) is 57.6 Å². The van der Waals surface area contributed by atoms with Crippen molar-refractivity contribution in [3.63, 3.8) is 0 Å². The predicted molar refractivity (Wildman–Crippen MR) is 136 cm³/mol. The van der Waals surface area contributed by atoms with Crippen molar-refractivity contribution >= 4 is 34.7 Å². The molecule has 3 rings (SSSR count). The van der Waals surface area contributed by atoms with E-state index in [0.29, 0.717) is 16.6 Å². The predicted octanol–water partition coefficient (Wildman–Crippen LogP) is 4.14. The van der Waals surface area contributed by atoms with E-state index in [1.165, 1.54) is 17.4 Å². The topological polar surface area (TPSA) is 112 Å². The Bertz CT molecular complexity index is 1070. The van der Waals surface area contributed by atoms with Gasteiger partial charge >= 0.3 is 0 Å². The number of carbonyl (C=O) groups excluding carboxylic acids is 3. The van der Waals surface area contributed by atoms with Crippen molar-refractivity contribution < 1.29 is 19.6 Å². The molecule has 8 nitrogen and oxygen atoms in total. The Morgan fingerprint density at radius 1 is 1.29 bits per heavy atom. The van der Waals surface area contributed by atoms with Crippen LogP contribution in [0.25, 0.3) is 0 Å². The number of benzene rings is 1. The fourth-order valence-corrected chi connectivity index (χ4v) is 5.53. The average molecular weight is 499 g/mol. The van der Waals surface area contributed by atoms with Gasteiger partial charge in [-0.15, -0.1) is 17.9 Å². The minimum absolute atomic E-state index is 0.281. The van der Waals surface area contributed by atoms with Gasteiger partial charge in [-0.25, -0.2) is 10.0 Å². The van der Waals surface area contributed by atoms with Crippen LogP contribution < -0.4 is 10.6 Å². The van der Waals surface area contributed by atoms with Gasteiger partial charge in [0.15, 0.2) is 5.13 Å². The second kappa shape index (κ2) is 10.7. The second-order valence-corrected chi connectivity index (χ2v) is 11.1. The third kappa shape index (κ3) is 5.46. The zero-order valence-corrected chi connectivity index (χ0v) is 21.5. The molecule has 1 aliphatic carbocycles. The maximum Gasteiger partial charge on any atom is 0.249 e. The normalized spacial score (nSPS) is 18.8. The third-order valence-electron chi connectivity index (χ3n) is 6.88. The summed E-state index contributed by atoms with van der Waals surface area (Å²) in [5.74, 6) is -1.15. The Morgan fingerprint density at radius 2 is 2.00 bits per heavy atom. The first-order chi connectivity index (χ1) is 16.5. The summed E-state index contributed by atoms with van der Waals surface area (Å²) >= 11 is 1.29. The van der Waals surface area contributed by atoms with Crippen LogP contribution >= 0.6 is 11.3 Å². The fraction of sp³-hybridized carbons (Fsp3) is 0.462. The highest BCUT2D eigenvalue weighted by Gasteiger charge is 2.52. The van der Waals surface area contributed by atoms with E-state index >= 15 is 0 Å². The molecular formula is C26H34N4O4S. The molecule has 0 saturated heterocycles. The minimum atomic E-state index is -1.31. The number of thiazole rings is 1. The molecule has 0 aliphatic heterocycles. The smallest absolute Gasteiger partial charge is 0.249 e. The maximum atomic E-state index is 14.2. The molecule has 0 fully saturated rings. The van der Waals surface area contributed by atoms with E-state index in [-0.39, 0.29) is 12.3 Å². The lowest BCUT2D eigenvalue weighted by Gasteiger charge is -2.46. The molecular weight excluding hydrogens is 464 g/mol. The lowest BCUT2D eigenvalue weighted by molar-refractivity contribution is -0.172. The van der Waals surface area contributed by atoms with Crippen molar-refractivity contribution in [1.82, 2.24) is 15.4 Å². The molecule has 1 aromatic heterocycles. The van der Waals surface area contributed by atoms with Gasteiger partial charge in [0.1, 0.15) is 6.04 Å². The highest BCUT2D eigenvalue weighted by Crippen LogP contribution is 2.48. The van der Waals surface area contributed by atoms with Crippen LogP contribution in [0.3, 0.4) is 0 Å². The molecule has 1 aromatic carbocycles. The van der Waals surface area contributed by atoms with Crippen molar-refractivity contribution in [2.45, 2.75) is 65.0 Å². The quantitative estimate of drug-likeness (QED) is 0.208. The lowest BCUT2D eigenvalue weighted by atomic mass is 9.63. The Hall–Kier alpha value is -3.04. The van der Waals surface area contributed by atoms with Crippen LogP contribution in [0.15, 0.2) is 48.5 Å². The summed E-state index contributed by atoms with van der Waals surface area (Å²) in [6.07, 6.45) is 5.71. The van der Waals surface area contributed by atoms with Crippen LogP contribution in [0.2, 0.25) is 0 Å². The highest BCUT2D eigenvalue weighted by molar-refractivity contribution is 7.13. The standard InChI is InChI=1S/C26H34N4O4S/c1-6-20(30(34)16-31)26(5,19-13-9-11-17-10-7-8-12-18(17)19)23(33)28-21(25(2,3)4)22(32)29-24-27-14-15-35-24/h6-8,10,12,14-16,19-21,34H,1,9,11,13H2,2-5H3,(H,28,33)(H,27,29,32)/t19?,20-,21+,26+/m0/s1. The number of aromatic nitrogens is 1. The summed E-state index contributed by atoms with van der Waals surface area (Å²) < 4.78 is 0. The summed E-state index contributed by atoms with van der Waals surface area (Å²) in [5.41, 5.74) is 0.200. The third-order valence-corrected chi connectivity index (χ3v) is 7.57. The number of amides is 3. The molecule has 3 amide bonds. The largest absolute Gasteiger partial charge is 0.343 e. The van der Waals surface area contributed by atoms with E-state index in [1.807, 2.05) is 45.0 Å². The first kappa shape index (κ1) is 26.6. The Kier molecular flexibility index (Phi) is 8.12. The summed E-state index contributed by atoms with van der Waals surface area (Å²) in [7, 11) is 0. The molecule has 0 saturated carbocycles. The number of fused-ring (bicyclic) bond motifs is 1. The summed E-state index contributed by atoms with van der Waals surface area (Å²) in [6, 6.07) is 6.01. The molecule has 3 N–H and O–H groups in total. The van der Waals surface area contributed by atoms with E-state index in [0.717, 1.165) is 24.0 Å². The first-order valence-electron chi connectivity index (χ1n) is 11.7. The van der Waals surface area contributed by atoms with Crippen molar-refractivity contribution in [3.8, 4) is 0 Å². The number of hydrogen-bond acceptors (Lipinski definition) is 6. The summed E-state index contributed by atoms with van der Waals surface area (Å²) in [6.45, 7) is 11.1. The lowest BCUT2D eigenvalue weighted by Crippen LogP contribution is -2.60. The Balaban J connectivity index is 2.04. The van der Waals surface area contributed by atoms with Gasteiger partial charge in [0.05, 0.1) is 11.5 Å².